The first kappa shape index (κ1) is 15.8. The third-order valence-electron chi connectivity index (χ3n) is 2.88. The fraction of sp³-hybridized carbons (Fsp3) is 0.0556. The zero-order valence-electron chi connectivity index (χ0n) is 12.1. The average Bonchev–Trinajstić information content (AvgIpc) is 2.60. The molecule has 23 heavy (non-hydrogen) atoms. The number of ether oxygens (including phenoxy) is 1. The normalized spacial score (nSPS) is 9.30. The summed E-state index contributed by atoms with van der Waals surface area (Å²) in [5.74, 6) is 1.37. The molecule has 5 heteroatoms. The molecule has 0 aliphatic heterocycles. The average molecular weight is 304 g/mol. The molecular formula is C18H12N2O3. The summed E-state index contributed by atoms with van der Waals surface area (Å²) in [7, 11) is 0. The highest BCUT2D eigenvalue weighted by molar-refractivity contribution is 5.95. The Bertz CT molecular complexity index is 811. The molecule has 0 aliphatic carbocycles. The number of hydrogen-bond acceptors (Lipinski definition) is 3. The SMILES string of the molecule is [C-]#[N+]c1ccc(C(=O)OCC(=O)Nc2cccc(C#C)c2)cc1. The quantitative estimate of drug-likeness (QED) is 0.536. The van der Waals surface area contributed by atoms with E-state index in [1.165, 1.54) is 24.3 Å². The molecule has 0 aromatic heterocycles. The second-order valence-electron chi connectivity index (χ2n) is 4.51. The van der Waals surface area contributed by atoms with Crippen LogP contribution < -0.4 is 5.32 Å². The van der Waals surface area contributed by atoms with Gasteiger partial charge in [0.05, 0.1) is 12.1 Å². The third kappa shape index (κ3) is 4.45. The van der Waals surface area contributed by atoms with Gasteiger partial charge in [-0.05, 0) is 18.2 Å². The molecule has 0 heterocycles. The number of hydrogen-bond donors (Lipinski definition) is 1. The van der Waals surface area contributed by atoms with Crippen LogP contribution in [0.15, 0.2) is 48.5 Å². The Balaban J connectivity index is 1.89. The zero-order valence-corrected chi connectivity index (χ0v) is 12.1. The molecule has 112 valence electrons. The molecule has 0 fully saturated rings. The number of benzene rings is 2. The Kier molecular flexibility index (Phi) is 5.12. The number of terminal acetylenes is 1. The number of carbonyl (C=O) groups excluding carboxylic acids is 2. The summed E-state index contributed by atoms with van der Waals surface area (Å²) in [4.78, 5) is 26.8. The molecular weight excluding hydrogens is 292 g/mol. The number of anilines is 1. The predicted molar refractivity (Wildman–Crippen MR) is 86.0 cm³/mol. The summed E-state index contributed by atoms with van der Waals surface area (Å²) in [6.07, 6.45) is 5.28. The molecule has 2 rings (SSSR count). The molecule has 1 N–H and O–H groups in total. The van der Waals surface area contributed by atoms with Gasteiger partial charge in [0, 0.05) is 11.3 Å². The molecule has 0 unspecified atom stereocenters. The van der Waals surface area contributed by atoms with Gasteiger partial charge in [-0.3, -0.25) is 4.79 Å². The van der Waals surface area contributed by atoms with Crippen molar-refractivity contribution < 1.29 is 14.3 Å². The highest BCUT2D eigenvalue weighted by Crippen LogP contribution is 2.13. The summed E-state index contributed by atoms with van der Waals surface area (Å²) in [6.45, 7) is 6.43. The Hall–Kier alpha value is -3.57. The van der Waals surface area contributed by atoms with Gasteiger partial charge in [-0.2, -0.15) is 0 Å². The fourth-order valence-corrected chi connectivity index (χ4v) is 1.77. The second kappa shape index (κ2) is 7.44. The largest absolute Gasteiger partial charge is 0.452 e. The topological polar surface area (TPSA) is 59.8 Å². The monoisotopic (exact) mass is 304 g/mol. The van der Waals surface area contributed by atoms with Crippen LogP contribution in [0.4, 0.5) is 11.4 Å². The lowest BCUT2D eigenvalue weighted by atomic mass is 10.2. The van der Waals surface area contributed by atoms with Crippen LogP contribution in [-0.4, -0.2) is 18.5 Å². The van der Waals surface area contributed by atoms with Gasteiger partial charge in [0.2, 0.25) is 0 Å². The first-order chi connectivity index (χ1) is 11.1. The summed E-state index contributed by atoms with van der Waals surface area (Å²) in [5, 5.41) is 2.59. The number of carbonyl (C=O) groups is 2. The fourth-order valence-electron chi connectivity index (χ4n) is 1.77. The minimum atomic E-state index is -0.631. The smallest absolute Gasteiger partial charge is 0.338 e. The Morgan fingerprint density at radius 2 is 1.96 bits per heavy atom. The van der Waals surface area contributed by atoms with E-state index in [1.54, 1.807) is 24.3 Å². The Labute approximate surface area is 133 Å². The van der Waals surface area contributed by atoms with Gasteiger partial charge in [0.25, 0.3) is 5.91 Å². The molecule has 5 nitrogen and oxygen atoms in total. The maximum atomic E-state index is 11.8. The maximum Gasteiger partial charge on any atom is 0.338 e. The molecule has 0 spiro atoms. The number of esters is 1. The van der Waals surface area contributed by atoms with Crippen molar-refractivity contribution in [2.24, 2.45) is 0 Å². The summed E-state index contributed by atoms with van der Waals surface area (Å²) in [5.41, 5.74) is 1.87. The van der Waals surface area contributed by atoms with Crippen LogP contribution in [0.25, 0.3) is 4.85 Å². The maximum absolute atomic E-state index is 11.8. The lowest BCUT2D eigenvalue weighted by Gasteiger charge is -2.07. The van der Waals surface area contributed by atoms with Crippen LogP contribution in [0.5, 0.6) is 0 Å². The van der Waals surface area contributed by atoms with Crippen molar-refractivity contribution in [1.29, 1.82) is 0 Å². The van der Waals surface area contributed by atoms with Crippen LogP contribution in [0.1, 0.15) is 15.9 Å². The van der Waals surface area contributed by atoms with E-state index in [0.717, 1.165) is 0 Å². The lowest BCUT2D eigenvalue weighted by Crippen LogP contribution is -2.20. The van der Waals surface area contributed by atoms with Crippen molar-refractivity contribution in [1.82, 2.24) is 0 Å². The van der Waals surface area contributed by atoms with E-state index in [-0.39, 0.29) is 5.56 Å². The van der Waals surface area contributed by atoms with Crippen LogP contribution in [-0.2, 0) is 9.53 Å². The van der Waals surface area contributed by atoms with Gasteiger partial charge in [-0.25, -0.2) is 9.64 Å². The zero-order chi connectivity index (χ0) is 16.7. The van der Waals surface area contributed by atoms with Crippen molar-refractivity contribution in [2.75, 3.05) is 11.9 Å². The molecule has 1 amide bonds. The minimum absolute atomic E-state index is 0.277. The lowest BCUT2D eigenvalue weighted by molar-refractivity contribution is -0.119. The van der Waals surface area contributed by atoms with Gasteiger partial charge in [-0.1, -0.05) is 36.3 Å². The number of rotatable bonds is 4. The molecule has 0 atom stereocenters. The second-order valence-corrected chi connectivity index (χ2v) is 4.51. The van der Waals surface area contributed by atoms with E-state index < -0.39 is 18.5 Å². The van der Waals surface area contributed by atoms with Gasteiger partial charge in [0.15, 0.2) is 12.3 Å². The molecule has 0 saturated carbocycles. The third-order valence-corrected chi connectivity index (χ3v) is 2.88. The van der Waals surface area contributed by atoms with Gasteiger partial charge in [-0.15, -0.1) is 6.42 Å². The Morgan fingerprint density at radius 1 is 1.22 bits per heavy atom. The van der Waals surface area contributed by atoms with E-state index in [0.29, 0.717) is 16.9 Å². The van der Waals surface area contributed by atoms with E-state index >= 15 is 0 Å². The first-order valence-electron chi connectivity index (χ1n) is 6.63. The van der Waals surface area contributed by atoms with E-state index in [9.17, 15) is 9.59 Å². The number of nitrogens with one attached hydrogen (secondary N) is 1. The predicted octanol–water partition coefficient (Wildman–Crippen LogP) is 3.01. The van der Waals surface area contributed by atoms with Crippen molar-refractivity contribution in [2.45, 2.75) is 0 Å². The van der Waals surface area contributed by atoms with Crippen molar-refractivity contribution >= 4 is 23.3 Å². The Morgan fingerprint density at radius 3 is 2.61 bits per heavy atom. The van der Waals surface area contributed by atoms with Crippen molar-refractivity contribution in [3.63, 3.8) is 0 Å². The van der Waals surface area contributed by atoms with Crippen molar-refractivity contribution in [3.8, 4) is 12.3 Å². The van der Waals surface area contributed by atoms with E-state index in [1.807, 2.05) is 0 Å². The highest BCUT2D eigenvalue weighted by Gasteiger charge is 2.10. The van der Waals surface area contributed by atoms with Gasteiger partial charge >= 0.3 is 5.97 Å². The number of amides is 1. The van der Waals surface area contributed by atoms with Gasteiger partial charge < -0.3 is 10.1 Å². The van der Waals surface area contributed by atoms with Crippen molar-refractivity contribution in [3.05, 3.63) is 71.1 Å². The van der Waals surface area contributed by atoms with E-state index in [2.05, 4.69) is 16.1 Å². The molecule has 2 aromatic rings. The minimum Gasteiger partial charge on any atom is -0.452 e. The van der Waals surface area contributed by atoms with Crippen LogP contribution in [0.2, 0.25) is 0 Å². The van der Waals surface area contributed by atoms with Crippen LogP contribution >= 0.6 is 0 Å². The van der Waals surface area contributed by atoms with Crippen LogP contribution in [0.3, 0.4) is 0 Å². The molecule has 0 bridgehead atoms. The summed E-state index contributed by atoms with van der Waals surface area (Å²) >= 11 is 0. The highest BCUT2D eigenvalue weighted by atomic mass is 16.5. The molecule has 0 aliphatic rings. The van der Waals surface area contributed by atoms with Gasteiger partial charge in [0.1, 0.15) is 0 Å². The summed E-state index contributed by atoms with van der Waals surface area (Å²) < 4.78 is 4.92. The molecule has 2 aromatic carbocycles. The molecule has 0 radical (unpaired) electrons. The van der Waals surface area contributed by atoms with E-state index in [4.69, 9.17) is 17.7 Å². The first-order valence-corrected chi connectivity index (χ1v) is 6.63. The number of nitrogens with zero attached hydrogens (tertiary/aromatic N) is 1. The molecule has 0 saturated heterocycles. The van der Waals surface area contributed by atoms with Crippen LogP contribution in [0, 0.1) is 18.9 Å². The summed E-state index contributed by atoms with van der Waals surface area (Å²) in [6, 6.07) is 12.8. The standard InChI is InChI=1S/C18H12N2O3/c1-3-13-5-4-6-16(11-13)20-17(21)12-23-18(22)14-7-9-15(19-2)10-8-14/h1,4-11H,12H2,(H,20,21).